The molecule has 0 saturated heterocycles. The molecule has 0 unspecified atom stereocenters. The molecule has 1 aromatic rings. The SMILES string of the molecule is CC(C)(Sc1cnc(NC(=O)N(C2CCCCC2)C2CCC(C(C)(C)C)CC2)s1)C(=O)O. The van der Waals surface area contributed by atoms with Crippen LogP contribution in [0.5, 0.6) is 0 Å². The third-order valence-electron chi connectivity index (χ3n) is 7.09. The van der Waals surface area contributed by atoms with E-state index in [0.29, 0.717) is 22.5 Å². The molecule has 0 bridgehead atoms. The number of urea groups is 1. The summed E-state index contributed by atoms with van der Waals surface area (Å²) in [5.41, 5.74) is 0.321. The summed E-state index contributed by atoms with van der Waals surface area (Å²) < 4.78 is -0.143. The first-order valence-corrected chi connectivity index (χ1v) is 13.6. The standard InChI is InChI=1S/C24H39N3O3S2/c1-23(2,3)16-11-13-18(14-12-16)27(17-9-7-6-8-10-17)22(30)26-21-25-15-19(31-21)32-24(4,5)20(28)29/h15-18H,6-14H2,1-5H3,(H,28,29)(H,25,26,30). The number of thiazole rings is 1. The van der Waals surface area contributed by atoms with Gasteiger partial charge in [-0.3, -0.25) is 10.1 Å². The number of hydrogen-bond donors (Lipinski definition) is 2. The predicted molar refractivity (Wildman–Crippen MR) is 133 cm³/mol. The number of carbonyl (C=O) groups excluding carboxylic acids is 1. The van der Waals surface area contributed by atoms with E-state index < -0.39 is 10.7 Å². The Morgan fingerprint density at radius 1 is 1.03 bits per heavy atom. The van der Waals surface area contributed by atoms with Crippen molar-refractivity contribution < 1.29 is 14.7 Å². The number of carboxylic acids is 1. The molecule has 0 radical (unpaired) electrons. The van der Waals surface area contributed by atoms with Crippen molar-refractivity contribution in [1.82, 2.24) is 9.88 Å². The van der Waals surface area contributed by atoms with Crippen LogP contribution in [0, 0.1) is 11.3 Å². The van der Waals surface area contributed by atoms with Gasteiger partial charge in [0.25, 0.3) is 0 Å². The van der Waals surface area contributed by atoms with Crippen LogP contribution in [0.2, 0.25) is 0 Å². The maximum absolute atomic E-state index is 13.5. The predicted octanol–water partition coefficient (Wildman–Crippen LogP) is 6.87. The number of anilines is 1. The summed E-state index contributed by atoms with van der Waals surface area (Å²) in [6.45, 7) is 10.3. The lowest BCUT2D eigenvalue weighted by Gasteiger charge is -2.44. The lowest BCUT2D eigenvalue weighted by Crippen LogP contribution is -2.51. The minimum atomic E-state index is -0.937. The molecule has 2 saturated carbocycles. The van der Waals surface area contributed by atoms with Crippen LogP contribution in [0.3, 0.4) is 0 Å². The van der Waals surface area contributed by atoms with Crippen LogP contribution < -0.4 is 5.32 Å². The molecule has 1 aromatic heterocycles. The summed E-state index contributed by atoms with van der Waals surface area (Å²) in [6.07, 6.45) is 11.9. The zero-order valence-electron chi connectivity index (χ0n) is 20.1. The van der Waals surface area contributed by atoms with Crippen molar-refractivity contribution in [2.45, 2.75) is 113 Å². The summed E-state index contributed by atoms with van der Waals surface area (Å²) in [4.78, 5) is 31.4. The van der Waals surface area contributed by atoms with Gasteiger partial charge in [-0.2, -0.15) is 0 Å². The van der Waals surface area contributed by atoms with Crippen molar-refractivity contribution in [3.8, 4) is 0 Å². The van der Waals surface area contributed by atoms with Crippen LogP contribution in [0.4, 0.5) is 9.93 Å². The second kappa shape index (κ2) is 10.3. The van der Waals surface area contributed by atoms with Crippen LogP contribution in [0.25, 0.3) is 0 Å². The van der Waals surface area contributed by atoms with Crippen molar-refractivity contribution in [2.75, 3.05) is 5.32 Å². The minimum absolute atomic E-state index is 0.0421. The summed E-state index contributed by atoms with van der Waals surface area (Å²) in [7, 11) is 0. The van der Waals surface area contributed by atoms with Crippen LogP contribution in [0.15, 0.2) is 10.4 Å². The highest BCUT2D eigenvalue weighted by atomic mass is 32.2. The maximum Gasteiger partial charge on any atom is 0.324 e. The first-order chi connectivity index (χ1) is 15.0. The Bertz CT molecular complexity index is 789. The molecule has 6 nitrogen and oxygen atoms in total. The highest BCUT2D eigenvalue weighted by Gasteiger charge is 2.37. The topological polar surface area (TPSA) is 82.5 Å². The molecule has 8 heteroatoms. The van der Waals surface area contributed by atoms with Crippen LogP contribution in [-0.2, 0) is 4.79 Å². The van der Waals surface area contributed by atoms with E-state index in [1.807, 2.05) is 0 Å². The van der Waals surface area contributed by atoms with Gasteiger partial charge < -0.3 is 10.0 Å². The average molecular weight is 482 g/mol. The molecule has 2 aliphatic rings. The van der Waals surface area contributed by atoms with Gasteiger partial charge in [-0.05, 0) is 63.7 Å². The third kappa shape index (κ3) is 6.40. The van der Waals surface area contributed by atoms with E-state index in [2.05, 4.69) is 36.0 Å². The van der Waals surface area contributed by atoms with Gasteiger partial charge in [0.05, 0.1) is 10.4 Å². The molecule has 0 spiro atoms. The van der Waals surface area contributed by atoms with Crippen molar-refractivity contribution in [1.29, 1.82) is 0 Å². The number of nitrogens with one attached hydrogen (secondary N) is 1. The van der Waals surface area contributed by atoms with Gasteiger partial charge in [0.1, 0.15) is 4.75 Å². The summed E-state index contributed by atoms with van der Waals surface area (Å²) in [5, 5.41) is 13.0. The third-order valence-corrected chi connectivity index (χ3v) is 9.29. The quantitative estimate of drug-likeness (QED) is 0.433. The molecule has 180 valence electrons. The Morgan fingerprint density at radius 3 is 2.19 bits per heavy atom. The molecular weight excluding hydrogens is 442 g/mol. The van der Waals surface area contributed by atoms with Gasteiger partial charge in [0.2, 0.25) is 0 Å². The van der Waals surface area contributed by atoms with Crippen molar-refractivity contribution in [3.63, 3.8) is 0 Å². The monoisotopic (exact) mass is 481 g/mol. The molecule has 2 aliphatic carbocycles. The number of aliphatic carboxylic acids is 1. The van der Waals surface area contributed by atoms with Crippen molar-refractivity contribution in [2.24, 2.45) is 11.3 Å². The minimum Gasteiger partial charge on any atom is -0.480 e. The van der Waals surface area contributed by atoms with E-state index in [9.17, 15) is 14.7 Å². The second-order valence-electron chi connectivity index (χ2n) is 10.9. The van der Waals surface area contributed by atoms with E-state index in [0.717, 1.165) is 29.9 Å². The highest BCUT2D eigenvalue weighted by Crippen LogP contribution is 2.41. The number of carbonyl (C=O) groups is 2. The number of thioether (sulfide) groups is 1. The van der Waals surface area contributed by atoms with E-state index in [4.69, 9.17) is 0 Å². The fraction of sp³-hybridized carbons (Fsp3) is 0.792. The Balaban J connectivity index is 1.69. The Morgan fingerprint density at radius 2 is 1.62 bits per heavy atom. The Kier molecular flexibility index (Phi) is 8.18. The fourth-order valence-corrected chi connectivity index (χ4v) is 7.29. The molecule has 32 heavy (non-hydrogen) atoms. The maximum atomic E-state index is 13.5. The van der Waals surface area contributed by atoms with Crippen LogP contribution in [-0.4, -0.2) is 43.8 Å². The summed E-state index contributed by atoms with van der Waals surface area (Å²) in [6, 6.07) is 0.552. The molecular formula is C24H39N3O3S2. The van der Waals surface area contributed by atoms with E-state index in [1.54, 1.807) is 20.0 Å². The van der Waals surface area contributed by atoms with Crippen molar-refractivity contribution >= 4 is 40.2 Å². The van der Waals surface area contributed by atoms with Gasteiger partial charge >= 0.3 is 12.0 Å². The second-order valence-corrected chi connectivity index (χ2v) is 13.9. The molecule has 1 heterocycles. The number of aromatic nitrogens is 1. The van der Waals surface area contributed by atoms with Gasteiger partial charge in [0, 0.05) is 12.1 Å². The molecule has 2 amide bonds. The normalized spacial score (nSPS) is 23.0. The number of amides is 2. The zero-order valence-corrected chi connectivity index (χ0v) is 21.8. The molecule has 0 aromatic carbocycles. The number of nitrogens with zero attached hydrogens (tertiary/aromatic N) is 2. The first kappa shape index (κ1) is 25.3. The average Bonchev–Trinajstić information content (AvgIpc) is 3.14. The molecule has 2 fully saturated rings. The highest BCUT2D eigenvalue weighted by molar-refractivity contribution is 8.03. The molecule has 3 rings (SSSR count). The van der Waals surface area contributed by atoms with Gasteiger partial charge in [-0.1, -0.05) is 63.1 Å². The number of hydrogen-bond acceptors (Lipinski definition) is 5. The molecule has 0 aliphatic heterocycles. The Labute approximate surface area is 200 Å². The van der Waals surface area contributed by atoms with Gasteiger partial charge in [0.15, 0.2) is 5.13 Å². The lowest BCUT2D eigenvalue weighted by molar-refractivity contribution is -0.138. The van der Waals surface area contributed by atoms with Crippen LogP contribution >= 0.6 is 23.1 Å². The van der Waals surface area contributed by atoms with Crippen molar-refractivity contribution in [3.05, 3.63) is 6.20 Å². The van der Waals surface area contributed by atoms with Gasteiger partial charge in [-0.25, -0.2) is 9.78 Å². The van der Waals surface area contributed by atoms with Gasteiger partial charge in [-0.15, -0.1) is 0 Å². The Hall–Kier alpha value is -1.28. The largest absolute Gasteiger partial charge is 0.480 e. The summed E-state index contributed by atoms with van der Waals surface area (Å²) in [5.74, 6) is -0.151. The van der Waals surface area contributed by atoms with Crippen LogP contribution in [0.1, 0.15) is 92.4 Å². The molecule has 0 atom stereocenters. The fourth-order valence-electron chi connectivity index (χ4n) is 5.02. The van der Waals surface area contributed by atoms with E-state index in [-0.39, 0.29) is 12.1 Å². The smallest absolute Gasteiger partial charge is 0.324 e. The number of carboxylic acid groups (broad SMARTS) is 1. The zero-order chi connectivity index (χ0) is 23.5. The van der Waals surface area contributed by atoms with E-state index in [1.165, 1.54) is 55.2 Å². The first-order valence-electron chi connectivity index (χ1n) is 11.9. The number of rotatable bonds is 6. The summed E-state index contributed by atoms with van der Waals surface area (Å²) >= 11 is 2.61. The lowest BCUT2D eigenvalue weighted by atomic mass is 9.71. The molecule has 2 N–H and O–H groups in total. The van der Waals surface area contributed by atoms with E-state index >= 15 is 0 Å².